The Kier molecular flexibility index (Phi) is 29.9. The molecule has 0 fully saturated rings. The van der Waals surface area contributed by atoms with E-state index in [0.717, 1.165) is 50.5 Å². The summed E-state index contributed by atoms with van der Waals surface area (Å²) in [4.78, 5) is 49.4. The maximum absolute atomic E-state index is 12.6. The first-order chi connectivity index (χ1) is 26.4. The minimum absolute atomic E-state index is 0.0582. The Labute approximate surface area is 332 Å². The lowest BCUT2D eigenvalue weighted by molar-refractivity contribution is -0.870. The van der Waals surface area contributed by atoms with Crippen LogP contribution >= 0.6 is 7.82 Å². The van der Waals surface area contributed by atoms with E-state index in [9.17, 15) is 23.8 Å². The standard InChI is InChI=1S/C42H75N2O10P/c1-5-6-7-8-9-10-11-12-13-14-15-16-17-19-25-30-40(45)50-36-39(37-53-55(48,49)52-34-33-44(2,3)4)54-41(46)31-26-20-18-21-27-32-43-42(47)51-35-38-28-23-22-24-29-38/h22-24,28-29,39H,5-21,25-27,30-37H2,1-4H3,(H-,43,47,48,49)/t39-/m1/s1. The molecule has 1 unspecified atom stereocenters. The van der Waals surface area contributed by atoms with Gasteiger partial charge in [-0.3, -0.25) is 14.2 Å². The van der Waals surface area contributed by atoms with Crippen LogP contribution in [0.25, 0.3) is 0 Å². The number of esters is 2. The Morgan fingerprint density at radius 1 is 0.673 bits per heavy atom. The molecule has 12 nitrogen and oxygen atoms in total. The zero-order valence-electron chi connectivity index (χ0n) is 34.7. The molecule has 318 valence electrons. The SMILES string of the molecule is CCCCCCCCCCCCCCCCCC(=O)OC[C@H](COP(=O)([O-])OCC[N+](C)(C)C)OC(=O)CCCCCCCNC(=O)OCc1ccccc1. The highest BCUT2D eigenvalue weighted by molar-refractivity contribution is 7.45. The van der Waals surface area contributed by atoms with Crippen LogP contribution in [0.3, 0.4) is 0 Å². The summed E-state index contributed by atoms with van der Waals surface area (Å²) in [5, 5.41) is 2.74. The number of quaternary nitrogens is 1. The Hall–Kier alpha value is -2.50. The van der Waals surface area contributed by atoms with Gasteiger partial charge in [0.15, 0.2) is 6.10 Å². The molecule has 0 aliphatic carbocycles. The number of hydrogen-bond donors (Lipinski definition) is 1. The van der Waals surface area contributed by atoms with Crippen LogP contribution < -0.4 is 10.2 Å². The highest BCUT2D eigenvalue weighted by atomic mass is 31.2. The van der Waals surface area contributed by atoms with Gasteiger partial charge in [0.05, 0.1) is 27.7 Å². The van der Waals surface area contributed by atoms with E-state index >= 15 is 0 Å². The molecule has 0 aliphatic heterocycles. The summed E-state index contributed by atoms with van der Waals surface area (Å²) in [5.41, 5.74) is 0.923. The lowest BCUT2D eigenvalue weighted by Gasteiger charge is -2.28. The number of phosphoric ester groups is 1. The molecular weight excluding hydrogens is 723 g/mol. The van der Waals surface area contributed by atoms with Crippen LogP contribution in [0.2, 0.25) is 0 Å². The molecule has 0 spiro atoms. The summed E-state index contributed by atoms with van der Waals surface area (Å²) in [7, 11) is 1.07. The van der Waals surface area contributed by atoms with Crippen molar-refractivity contribution in [1.82, 2.24) is 5.32 Å². The largest absolute Gasteiger partial charge is 0.756 e. The van der Waals surface area contributed by atoms with E-state index < -0.39 is 38.6 Å². The number of nitrogens with zero attached hydrogens (tertiary/aromatic N) is 1. The summed E-state index contributed by atoms with van der Waals surface area (Å²) in [6.07, 6.45) is 21.2. The fourth-order valence-corrected chi connectivity index (χ4v) is 6.52. The highest BCUT2D eigenvalue weighted by Gasteiger charge is 2.21. The van der Waals surface area contributed by atoms with Crippen LogP contribution in [0.5, 0.6) is 0 Å². The van der Waals surface area contributed by atoms with Gasteiger partial charge in [-0.1, -0.05) is 146 Å². The third-order valence-corrected chi connectivity index (χ3v) is 10.1. The molecule has 0 bridgehead atoms. The van der Waals surface area contributed by atoms with E-state index in [1.54, 1.807) is 0 Å². The quantitative estimate of drug-likeness (QED) is 0.0229. The summed E-state index contributed by atoms with van der Waals surface area (Å²) < 4.78 is 38.9. The van der Waals surface area contributed by atoms with Crippen LogP contribution in [0.4, 0.5) is 4.79 Å². The second-order valence-corrected chi connectivity index (χ2v) is 17.0. The van der Waals surface area contributed by atoms with Crippen molar-refractivity contribution in [2.24, 2.45) is 0 Å². The molecule has 55 heavy (non-hydrogen) atoms. The van der Waals surface area contributed by atoms with Gasteiger partial charge in [-0.05, 0) is 24.8 Å². The van der Waals surface area contributed by atoms with Gasteiger partial charge in [0.25, 0.3) is 7.82 Å². The first-order valence-corrected chi connectivity index (χ1v) is 22.6. The summed E-state index contributed by atoms with van der Waals surface area (Å²) >= 11 is 0. The second-order valence-electron chi connectivity index (χ2n) is 15.6. The zero-order chi connectivity index (χ0) is 40.5. The number of alkyl carbamates (subject to hydrolysis) is 1. The number of carbonyl (C=O) groups is 3. The summed E-state index contributed by atoms with van der Waals surface area (Å²) in [5.74, 6) is -0.944. The smallest absolute Gasteiger partial charge is 0.407 e. The van der Waals surface area contributed by atoms with Crippen LogP contribution in [-0.2, 0) is 44.0 Å². The molecule has 1 N–H and O–H groups in total. The van der Waals surface area contributed by atoms with Crippen LogP contribution in [0.15, 0.2) is 30.3 Å². The molecule has 1 aromatic carbocycles. The lowest BCUT2D eigenvalue weighted by atomic mass is 10.0. The average molecular weight is 799 g/mol. The molecule has 0 aromatic heterocycles. The van der Waals surface area contributed by atoms with Crippen molar-refractivity contribution in [3.8, 4) is 0 Å². The highest BCUT2D eigenvalue weighted by Crippen LogP contribution is 2.38. The number of carbonyl (C=O) groups excluding carboxylic acids is 3. The number of nitrogens with one attached hydrogen (secondary N) is 1. The molecule has 1 rings (SSSR count). The number of phosphoric acid groups is 1. The third kappa shape index (κ3) is 33.4. The Balaban J connectivity index is 2.29. The van der Waals surface area contributed by atoms with E-state index in [2.05, 4.69) is 12.2 Å². The van der Waals surface area contributed by atoms with E-state index in [-0.39, 0.29) is 32.7 Å². The summed E-state index contributed by atoms with van der Waals surface area (Å²) in [6, 6.07) is 9.47. The number of amides is 1. The molecule has 1 aromatic rings. The number of rotatable bonds is 36. The minimum atomic E-state index is -4.66. The van der Waals surface area contributed by atoms with Gasteiger partial charge >= 0.3 is 18.0 Å². The van der Waals surface area contributed by atoms with Crippen molar-refractivity contribution < 1.29 is 51.6 Å². The van der Waals surface area contributed by atoms with Crippen molar-refractivity contribution in [2.75, 3.05) is 54.1 Å². The monoisotopic (exact) mass is 799 g/mol. The molecule has 2 atom stereocenters. The molecule has 1 amide bonds. The Bertz CT molecular complexity index is 1160. The van der Waals surface area contributed by atoms with E-state index in [4.69, 9.17) is 23.3 Å². The van der Waals surface area contributed by atoms with Gasteiger partial charge in [0.1, 0.15) is 26.4 Å². The van der Waals surface area contributed by atoms with Gasteiger partial charge in [-0.2, -0.15) is 0 Å². The number of hydrogen-bond acceptors (Lipinski definition) is 10. The normalized spacial score (nSPS) is 13.2. The van der Waals surface area contributed by atoms with Crippen LogP contribution in [0.1, 0.15) is 154 Å². The van der Waals surface area contributed by atoms with Gasteiger partial charge in [0, 0.05) is 19.4 Å². The zero-order valence-corrected chi connectivity index (χ0v) is 35.6. The molecule has 0 radical (unpaired) electrons. The topological polar surface area (TPSA) is 150 Å². The van der Waals surface area contributed by atoms with Crippen LogP contribution in [-0.4, -0.2) is 82.7 Å². The molecule has 0 heterocycles. The lowest BCUT2D eigenvalue weighted by Crippen LogP contribution is -2.37. The molecular formula is C42H75N2O10P. The maximum atomic E-state index is 12.6. The van der Waals surface area contributed by atoms with Crippen LogP contribution in [0, 0.1) is 0 Å². The first kappa shape index (κ1) is 50.5. The molecule has 0 saturated heterocycles. The third-order valence-electron chi connectivity index (χ3n) is 9.18. The second kappa shape index (κ2) is 32.6. The molecule has 0 saturated carbocycles. The van der Waals surface area contributed by atoms with Crippen molar-refractivity contribution in [3.63, 3.8) is 0 Å². The number of ether oxygens (including phenoxy) is 3. The van der Waals surface area contributed by atoms with Gasteiger partial charge in [-0.15, -0.1) is 0 Å². The predicted octanol–water partition coefficient (Wildman–Crippen LogP) is 9.18. The van der Waals surface area contributed by atoms with Gasteiger partial charge in [0.2, 0.25) is 0 Å². The fourth-order valence-electron chi connectivity index (χ4n) is 5.79. The Morgan fingerprint density at radius 3 is 1.73 bits per heavy atom. The van der Waals surface area contributed by atoms with Gasteiger partial charge in [-0.25, -0.2) is 4.79 Å². The van der Waals surface area contributed by atoms with E-state index in [1.165, 1.54) is 70.6 Å². The molecule has 0 aliphatic rings. The van der Waals surface area contributed by atoms with E-state index in [1.807, 2.05) is 51.5 Å². The van der Waals surface area contributed by atoms with Crippen molar-refractivity contribution in [2.45, 2.75) is 161 Å². The molecule has 13 heteroatoms. The predicted molar refractivity (Wildman–Crippen MR) is 215 cm³/mol. The summed E-state index contributed by atoms with van der Waals surface area (Å²) in [6.45, 7) is 2.55. The Morgan fingerprint density at radius 2 is 1.18 bits per heavy atom. The van der Waals surface area contributed by atoms with Crippen molar-refractivity contribution >= 4 is 25.9 Å². The van der Waals surface area contributed by atoms with Gasteiger partial charge < -0.3 is 38.0 Å². The number of benzene rings is 1. The minimum Gasteiger partial charge on any atom is -0.756 e. The fraction of sp³-hybridized carbons (Fsp3) is 0.786. The number of unbranched alkanes of at least 4 members (excludes halogenated alkanes) is 18. The van der Waals surface area contributed by atoms with Crippen molar-refractivity contribution in [3.05, 3.63) is 35.9 Å². The number of likely N-dealkylation sites (N-methyl/N-ethyl adjacent to an activating group) is 1. The van der Waals surface area contributed by atoms with Crippen molar-refractivity contribution in [1.29, 1.82) is 0 Å². The maximum Gasteiger partial charge on any atom is 0.407 e. The average Bonchev–Trinajstić information content (AvgIpc) is 3.14. The first-order valence-electron chi connectivity index (χ1n) is 21.1. The van der Waals surface area contributed by atoms with E-state index in [0.29, 0.717) is 30.4 Å².